The molecule has 1 N–H and O–H groups in total. The summed E-state index contributed by atoms with van der Waals surface area (Å²) in [7, 11) is -2.66. The average Bonchev–Trinajstić information content (AvgIpc) is 2.53. The second-order valence-corrected chi connectivity index (χ2v) is 6.47. The first-order chi connectivity index (χ1) is 10.4. The van der Waals surface area contributed by atoms with Crippen molar-refractivity contribution in [3.63, 3.8) is 0 Å². The summed E-state index contributed by atoms with van der Waals surface area (Å²) in [5.41, 5.74) is 0.806. The van der Waals surface area contributed by atoms with Gasteiger partial charge >= 0.3 is 5.97 Å². The Morgan fingerprint density at radius 2 is 2.14 bits per heavy atom. The molecule has 6 nitrogen and oxygen atoms in total. The molecule has 0 spiro atoms. The lowest BCUT2D eigenvalue weighted by Crippen LogP contribution is -2.24. The van der Waals surface area contributed by atoms with Crippen LogP contribution in [0.2, 0.25) is 5.02 Å². The lowest BCUT2D eigenvalue weighted by atomic mass is 10.2. The zero-order chi connectivity index (χ0) is 16.2. The Bertz CT molecular complexity index is 779. The van der Waals surface area contributed by atoms with Gasteiger partial charge in [0.05, 0.1) is 17.7 Å². The number of nitrogens with one attached hydrogen (secondary N) is 1. The lowest BCUT2D eigenvalue weighted by Gasteiger charge is -2.09. The molecule has 2 rings (SSSR count). The van der Waals surface area contributed by atoms with E-state index in [1.165, 1.54) is 25.3 Å². The van der Waals surface area contributed by atoms with Gasteiger partial charge in [-0.1, -0.05) is 17.7 Å². The van der Waals surface area contributed by atoms with Gasteiger partial charge in [0.2, 0.25) is 10.0 Å². The molecular formula is C14H13ClN2O4S. The molecule has 22 heavy (non-hydrogen) atoms. The number of hydrogen-bond acceptors (Lipinski definition) is 5. The van der Waals surface area contributed by atoms with Crippen LogP contribution in [0, 0.1) is 0 Å². The summed E-state index contributed by atoms with van der Waals surface area (Å²) < 4.78 is 31.6. The highest BCUT2D eigenvalue weighted by Crippen LogP contribution is 2.23. The van der Waals surface area contributed by atoms with Crippen molar-refractivity contribution in [2.24, 2.45) is 0 Å². The van der Waals surface area contributed by atoms with Crippen molar-refractivity contribution < 1.29 is 17.9 Å². The van der Waals surface area contributed by atoms with Crippen LogP contribution in [0.5, 0.6) is 0 Å². The van der Waals surface area contributed by atoms with E-state index in [4.69, 9.17) is 11.6 Å². The van der Waals surface area contributed by atoms with Gasteiger partial charge in [-0.2, -0.15) is 0 Å². The van der Waals surface area contributed by atoms with Gasteiger partial charge in [-0.3, -0.25) is 4.98 Å². The molecule has 2 aromatic rings. The van der Waals surface area contributed by atoms with E-state index >= 15 is 0 Å². The van der Waals surface area contributed by atoms with Gasteiger partial charge in [-0.25, -0.2) is 17.9 Å². The van der Waals surface area contributed by atoms with Gasteiger partial charge in [0.15, 0.2) is 0 Å². The first-order valence-corrected chi connectivity index (χ1v) is 8.06. The Hall–Kier alpha value is -1.96. The summed E-state index contributed by atoms with van der Waals surface area (Å²) >= 11 is 5.93. The van der Waals surface area contributed by atoms with E-state index < -0.39 is 16.0 Å². The standard InChI is InChI=1S/C14H13ClN2O4S/c1-21-14(18)11-4-5-12(15)13(7-11)22(19,20)17-9-10-3-2-6-16-8-10/h2-8,17H,9H2,1H3. The molecule has 116 valence electrons. The molecular weight excluding hydrogens is 328 g/mol. The topological polar surface area (TPSA) is 85.4 Å². The quantitative estimate of drug-likeness (QED) is 0.841. The molecule has 8 heteroatoms. The molecule has 0 bridgehead atoms. The molecule has 0 amide bonds. The number of ether oxygens (including phenoxy) is 1. The first-order valence-electron chi connectivity index (χ1n) is 6.20. The second-order valence-electron chi connectivity index (χ2n) is 4.32. The fourth-order valence-electron chi connectivity index (χ4n) is 1.71. The molecule has 0 unspecified atom stereocenters. The number of benzene rings is 1. The van der Waals surface area contributed by atoms with Gasteiger partial charge in [0, 0.05) is 18.9 Å². The number of nitrogens with zero attached hydrogens (tertiary/aromatic N) is 1. The number of pyridine rings is 1. The highest BCUT2D eigenvalue weighted by Gasteiger charge is 2.20. The molecule has 1 heterocycles. The van der Waals surface area contributed by atoms with Crippen molar-refractivity contribution in [1.29, 1.82) is 0 Å². The van der Waals surface area contributed by atoms with E-state index in [-0.39, 0.29) is 22.0 Å². The van der Waals surface area contributed by atoms with Gasteiger partial charge in [-0.15, -0.1) is 0 Å². The van der Waals surface area contributed by atoms with E-state index in [2.05, 4.69) is 14.4 Å². The SMILES string of the molecule is COC(=O)c1ccc(Cl)c(S(=O)(=O)NCc2cccnc2)c1. The number of carbonyl (C=O) groups is 1. The van der Waals surface area contributed by atoms with Crippen molar-refractivity contribution in [3.05, 3.63) is 58.9 Å². The number of esters is 1. The predicted molar refractivity (Wildman–Crippen MR) is 81.1 cm³/mol. The number of hydrogen-bond donors (Lipinski definition) is 1. The van der Waals surface area contributed by atoms with E-state index in [0.717, 1.165) is 0 Å². The minimum absolute atomic E-state index is 0.0198. The maximum absolute atomic E-state index is 12.3. The Morgan fingerprint density at radius 1 is 1.36 bits per heavy atom. The van der Waals surface area contributed by atoms with Crippen LogP contribution in [0.1, 0.15) is 15.9 Å². The summed E-state index contributed by atoms with van der Waals surface area (Å²) in [6.45, 7) is 0.0644. The fourth-order valence-corrected chi connectivity index (χ4v) is 3.25. The molecule has 0 fully saturated rings. The van der Waals surface area contributed by atoms with Crippen LogP contribution in [0.15, 0.2) is 47.6 Å². The molecule has 0 aliphatic carbocycles. The third-order valence-corrected chi connectivity index (χ3v) is 4.71. The van der Waals surface area contributed by atoms with Crippen LogP contribution in [0.25, 0.3) is 0 Å². The van der Waals surface area contributed by atoms with Gasteiger partial charge in [0.1, 0.15) is 4.90 Å². The van der Waals surface area contributed by atoms with Crippen molar-refractivity contribution in [3.8, 4) is 0 Å². The zero-order valence-corrected chi connectivity index (χ0v) is 13.2. The smallest absolute Gasteiger partial charge is 0.337 e. The summed E-state index contributed by atoms with van der Waals surface area (Å²) in [5, 5.41) is 0.0198. The lowest BCUT2D eigenvalue weighted by molar-refractivity contribution is 0.0600. The largest absolute Gasteiger partial charge is 0.465 e. The van der Waals surface area contributed by atoms with Crippen LogP contribution in [-0.4, -0.2) is 26.5 Å². The van der Waals surface area contributed by atoms with Crippen molar-refractivity contribution in [2.75, 3.05) is 7.11 Å². The number of methoxy groups -OCH3 is 1. The summed E-state index contributed by atoms with van der Waals surface area (Å²) in [4.78, 5) is 15.2. The first kappa shape index (κ1) is 16.4. The van der Waals surface area contributed by atoms with Gasteiger partial charge < -0.3 is 4.74 Å². The third kappa shape index (κ3) is 3.82. The molecule has 1 aromatic heterocycles. The highest BCUT2D eigenvalue weighted by atomic mass is 35.5. The summed E-state index contributed by atoms with van der Waals surface area (Å²) in [6.07, 6.45) is 3.14. The minimum Gasteiger partial charge on any atom is -0.465 e. The van der Waals surface area contributed by atoms with Gasteiger partial charge in [-0.05, 0) is 29.8 Å². The molecule has 0 aliphatic rings. The van der Waals surface area contributed by atoms with Crippen molar-refractivity contribution in [2.45, 2.75) is 11.4 Å². The Kier molecular flexibility index (Phi) is 5.12. The third-order valence-electron chi connectivity index (χ3n) is 2.83. The molecule has 0 radical (unpaired) electrons. The Morgan fingerprint density at radius 3 is 2.77 bits per heavy atom. The van der Waals surface area contributed by atoms with E-state index in [1.54, 1.807) is 24.5 Å². The fraction of sp³-hybridized carbons (Fsp3) is 0.143. The van der Waals surface area contributed by atoms with Crippen LogP contribution in [-0.2, 0) is 21.3 Å². The molecule has 0 saturated carbocycles. The number of carbonyl (C=O) groups excluding carboxylic acids is 1. The van der Waals surface area contributed by atoms with Crippen LogP contribution >= 0.6 is 11.6 Å². The van der Waals surface area contributed by atoms with Crippen LogP contribution in [0.4, 0.5) is 0 Å². The zero-order valence-electron chi connectivity index (χ0n) is 11.6. The van der Waals surface area contributed by atoms with Crippen molar-refractivity contribution in [1.82, 2.24) is 9.71 Å². The summed E-state index contributed by atoms with van der Waals surface area (Å²) in [6, 6.07) is 7.36. The number of rotatable bonds is 5. The second kappa shape index (κ2) is 6.87. The van der Waals surface area contributed by atoms with Crippen molar-refractivity contribution >= 4 is 27.6 Å². The Labute approximate surface area is 133 Å². The van der Waals surface area contributed by atoms with E-state index in [1.807, 2.05) is 0 Å². The summed E-state index contributed by atoms with van der Waals surface area (Å²) in [5.74, 6) is -0.639. The maximum Gasteiger partial charge on any atom is 0.337 e. The highest BCUT2D eigenvalue weighted by molar-refractivity contribution is 7.89. The van der Waals surface area contributed by atoms with E-state index in [0.29, 0.717) is 5.56 Å². The Balaban J connectivity index is 2.27. The van der Waals surface area contributed by atoms with E-state index in [9.17, 15) is 13.2 Å². The number of halogens is 1. The predicted octanol–water partition coefficient (Wildman–Crippen LogP) is 2.00. The normalized spacial score (nSPS) is 11.2. The monoisotopic (exact) mass is 340 g/mol. The molecule has 0 saturated heterocycles. The maximum atomic E-state index is 12.3. The molecule has 0 aliphatic heterocycles. The molecule has 0 atom stereocenters. The molecule has 1 aromatic carbocycles. The minimum atomic E-state index is -3.87. The number of aromatic nitrogens is 1. The van der Waals surface area contributed by atoms with Crippen LogP contribution < -0.4 is 4.72 Å². The average molecular weight is 341 g/mol. The van der Waals surface area contributed by atoms with Gasteiger partial charge in [0.25, 0.3) is 0 Å². The van der Waals surface area contributed by atoms with Crippen LogP contribution in [0.3, 0.4) is 0 Å². The number of sulfonamides is 1.